The zero-order chi connectivity index (χ0) is 11.0. The Kier molecular flexibility index (Phi) is 3.01. The molecular weight excluding hydrogens is 188 g/mol. The van der Waals surface area contributed by atoms with Crippen molar-refractivity contribution in [1.29, 1.82) is 0 Å². The summed E-state index contributed by atoms with van der Waals surface area (Å²) in [6.45, 7) is 5.93. The second-order valence-corrected chi connectivity index (χ2v) is 5.47. The highest BCUT2D eigenvalue weighted by atomic mass is 16.2. The van der Waals surface area contributed by atoms with Crippen LogP contribution in [0.25, 0.3) is 0 Å². The molecule has 0 spiro atoms. The van der Waals surface area contributed by atoms with Crippen molar-refractivity contribution in [1.82, 2.24) is 4.90 Å². The smallest absolute Gasteiger partial charge is 0.225 e. The maximum atomic E-state index is 12.1. The van der Waals surface area contributed by atoms with Gasteiger partial charge in [0, 0.05) is 25.0 Å². The molecule has 3 unspecified atom stereocenters. The second-order valence-electron chi connectivity index (χ2n) is 5.47. The van der Waals surface area contributed by atoms with Gasteiger partial charge in [0.25, 0.3) is 0 Å². The number of carbonyl (C=O) groups is 1. The molecule has 3 nitrogen and oxygen atoms in total. The van der Waals surface area contributed by atoms with Crippen LogP contribution in [0.2, 0.25) is 0 Å². The quantitative estimate of drug-likeness (QED) is 0.745. The fourth-order valence-electron chi connectivity index (χ4n) is 2.67. The predicted octanol–water partition coefficient (Wildman–Crippen LogP) is 1.23. The minimum absolute atomic E-state index is 0.184. The number of piperidine rings is 1. The van der Waals surface area contributed by atoms with Crippen LogP contribution in [0.3, 0.4) is 0 Å². The normalized spacial score (nSPS) is 33.9. The number of amides is 1. The van der Waals surface area contributed by atoms with E-state index in [9.17, 15) is 4.79 Å². The number of hydrogen-bond acceptors (Lipinski definition) is 2. The number of likely N-dealkylation sites (tertiary alicyclic amines) is 1. The van der Waals surface area contributed by atoms with Gasteiger partial charge in [-0.3, -0.25) is 4.79 Å². The van der Waals surface area contributed by atoms with Crippen molar-refractivity contribution in [3.8, 4) is 0 Å². The second kappa shape index (κ2) is 4.12. The summed E-state index contributed by atoms with van der Waals surface area (Å²) in [6, 6.07) is 0.184. The molecule has 0 aromatic rings. The Labute approximate surface area is 92.0 Å². The lowest BCUT2D eigenvalue weighted by molar-refractivity contribution is -0.137. The molecule has 1 heterocycles. The van der Waals surface area contributed by atoms with E-state index in [1.807, 2.05) is 4.90 Å². The molecule has 2 fully saturated rings. The number of nitrogens with zero attached hydrogens (tertiary/aromatic N) is 1. The van der Waals surface area contributed by atoms with Crippen molar-refractivity contribution in [3.63, 3.8) is 0 Å². The Morgan fingerprint density at radius 1 is 1.40 bits per heavy atom. The first kappa shape index (κ1) is 10.9. The number of rotatable bonds is 2. The summed E-state index contributed by atoms with van der Waals surface area (Å²) >= 11 is 0. The molecule has 1 aliphatic heterocycles. The van der Waals surface area contributed by atoms with Gasteiger partial charge in [-0.05, 0) is 31.1 Å². The van der Waals surface area contributed by atoms with Crippen LogP contribution in [0.4, 0.5) is 0 Å². The summed E-state index contributed by atoms with van der Waals surface area (Å²) in [6.07, 6.45) is 3.53. The summed E-state index contributed by atoms with van der Waals surface area (Å²) in [5.41, 5.74) is 5.95. The SMILES string of the molecule is CC1CC(N)CN(C(=O)C(C)C2CC2)C1. The lowest BCUT2D eigenvalue weighted by atomic mass is 9.94. The van der Waals surface area contributed by atoms with E-state index in [1.54, 1.807) is 0 Å². The summed E-state index contributed by atoms with van der Waals surface area (Å²) < 4.78 is 0. The van der Waals surface area contributed by atoms with Gasteiger partial charge in [0.2, 0.25) is 5.91 Å². The van der Waals surface area contributed by atoms with Gasteiger partial charge >= 0.3 is 0 Å². The monoisotopic (exact) mass is 210 g/mol. The molecule has 1 saturated heterocycles. The molecule has 0 aromatic heterocycles. The van der Waals surface area contributed by atoms with E-state index in [0.717, 1.165) is 19.5 Å². The highest BCUT2D eigenvalue weighted by molar-refractivity contribution is 5.79. The van der Waals surface area contributed by atoms with Crippen molar-refractivity contribution in [3.05, 3.63) is 0 Å². The van der Waals surface area contributed by atoms with E-state index < -0.39 is 0 Å². The van der Waals surface area contributed by atoms with Crippen LogP contribution in [0.5, 0.6) is 0 Å². The minimum atomic E-state index is 0.184. The summed E-state index contributed by atoms with van der Waals surface area (Å²) in [7, 11) is 0. The van der Waals surface area contributed by atoms with Crippen molar-refractivity contribution in [2.45, 2.75) is 39.2 Å². The molecule has 15 heavy (non-hydrogen) atoms. The highest BCUT2D eigenvalue weighted by Gasteiger charge is 2.36. The largest absolute Gasteiger partial charge is 0.341 e. The third-order valence-electron chi connectivity index (χ3n) is 3.72. The standard InChI is InChI=1S/C12H22N2O/c1-8-5-11(13)7-14(6-8)12(15)9(2)10-3-4-10/h8-11H,3-7,13H2,1-2H3. The van der Waals surface area contributed by atoms with Crippen LogP contribution in [-0.4, -0.2) is 29.9 Å². The molecule has 2 aliphatic rings. The van der Waals surface area contributed by atoms with E-state index in [1.165, 1.54) is 12.8 Å². The average molecular weight is 210 g/mol. The van der Waals surface area contributed by atoms with Gasteiger partial charge < -0.3 is 10.6 Å². The van der Waals surface area contributed by atoms with Crippen LogP contribution in [-0.2, 0) is 4.79 Å². The molecular formula is C12H22N2O. The Morgan fingerprint density at radius 2 is 2.07 bits per heavy atom. The van der Waals surface area contributed by atoms with Crippen LogP contribution in [0, 0.1) is 17.8 Å². The van der Waals surface area contributed by atoms with Crippen molar-refractivity contribution in [2.75, 3.05) is 13.1 Å². The maximum absolute atomic E-state index is 12.1. The van der Waals surface area contributed by atoms with Gasteiger partial charge in [-0.15, -0.1) is 0 Å². The molecule has 0 radical (unpaired) electrons. The molecule has 1 saturated carbocycles. The average Bonchev–Trinajstić information content (AvgIpc) is 2.97. The number of nitrogens with two attached hydrogens (primary N) is 1. The lowest BCUT2D eigenvalue weighted by Gasteiger charge is -2.36. The number of hydrogen-bond donors (Lipinski definition) is 1. The van der Waals surface area contributed by atoms with E-state index in [4.69, 9.17) is 5.73 Å². The Balaban J connectivity index is 1.93. The van der Waals surface area contributed by atoms with E-state index in [-0.39, 0.29) is 12.0 Å². The van der Waals surface area contributed by atoms with Crippen LogP contribution in [0.1, 0.15) is 33.1 Å². The van der Waals surface area contributed by atoms with E-state index in [2.05, 4.69) is 13.8 Å². The van der Waals surface area contributed by atoms with Crippen molar-refractivity contribution in [2.24, 2.45) is 23.5 Å². The Morgan fingerprint density at radius 3 is 2.60 bits per heavy atom. The Hall–Kier alpha value is -0.570. The summed E-state index contributed by atoms with van der Waals surface area (Å²) in [4.78, 5) is 14.1. The van der Waals surface area contributed by atoms with Crippen molar-refractivity contribution < 1.29 is 4.79 Å². The van der Waals surface area contributed by atoms with Gasteiger partial charge in [0.05, 0.1) is 0 Å². The molecule has 3 atom stereocenters. The van der Waals surface area contributed by atoms with E-state index >= 15 is 0 Å². The van der Waals surface area contributed by atoms with E-state index in [0.29, 0.717) is 17.7 Å². The Bertz CT molecular complexity index is 240. The third-order valence-corrected chi connectivity index (χ3v) is 3.72. The minimum Gasteiger partial charge on any atom is -0.341 e. The fourth-order valence-corrected chi connectivity index (χ4v) is 2.67. The van der Waals surface area contributed by atoms with Gasteiger partial charge in [-0.1, -0.05) is 13.8 Å². The van der Waals surface area contributed by atoms with Gasteiger partial charge in [0.1, 0.15) is 0 Å². The zero-order valence-corrected chi connectivity index (χ0v) is 9.78. The maximum Gasteiger partial charge on any atom is 0.225 e. The third kappa shape index (κ3) is 2.51. The first-order valence-corrected chi connectivity index (χ1v) is 6.12. The fraction of sp³-hybridized carbons (Fsp3) is 0.917. The molecule has 0 bridgehead atoms. The summed E-state index contributed by atoms with van der Waals surface area (Å²) in [5.74, 6) is 1.78. The lowest BCUT2D eigenvalue weighted by Crippen LogP contribution is -2.50. The topological polar surface area (TPSA) is 46.3 Å². The van der Waals surface area contributed by atoms with Crippen molar-refractivity contribution >= 4 is 5.91 Å². The van der Waals surface area contributed by atoms with Gasteiger partial charge in [-0.25, -0.2) is 0 Å². The first-order valence-electron chi connectivity index (χ1n) is 6.12. The van der Waals surface area contributed by atoms with Crippen LogP contribution < -0.4 is 5.73 Å². The predicted molar refractivity (Wildman–Crippen MR) is 60.2 cm³/mol. The molecule has 1 aliphatic carbocycles. The van der Waals surface area contributed by atoms with Gasteiger partial charge in [0.15, 0.2) is 0 Å². The molecule has 1 amide bonds. The van der Waals surface area contributed by atoms with Gasteiger partial charge in [-0.2, -0.15) is 0 Å². The number of carbonyl (C=O) groups excluding carboxylic acids is 1. The molecule has 2 rings (SSSR count). The van der Waals surface area contributed by atoms with Crippen LogP contribution >= 0.6 is 0 Å². The molecule has 86 valence electrons. The molecule has 0 aromatic carbocycles. The summed E-state index contributed by atoms with van der Waals surface area (Å²) in [5, 5.41) is 0. The highest BCUT2D eigenvalue weighted by Crippen LogP contribution is 2.37. The molecule has 3 heteroatoms. The molecule has 2 N–H and O–H groups in total. The zero-order valence-electron chi connectivity index (χ0n) is 9.78. The first-order chi connectivity index (χ1) is 7.08. The van der Waals surface area contributed by atoms with Crippen LogP contribution in [0.15, 0.2) is 0 Å².